The van der Waals surface area contributed by atoms with Gasteiger partial charge in [-0.2, -0.15) is 5.10 Å². The zero-order chi connectivity index (χ0) is 20.1. The van der Waals surface area contributed by atoms with Gasteiger partial charge in [0.1, 0.15) is 6.33 Å². The molecule has 2 aromatic heterocycles. The number of hydrogen-bond acceptors (Lipinski definition) is 6. The van der Waals surface area contributed by atoms with Crippen LogP contribution in [-0.4, -0.2) is 35.1 Å². The minimum absolute atomic E-state index is 0.0371. The van der Waals surface area contributed by atoms with Gasteiger partial charge in [0.25, 0.3) is 0 Å². The number of aromatic nitrogens is 3. The van der Waals surface area contributed by atoms with Gasteiger partial charge in [-0.3, -0.25) is 4.57 Å². The lowest BCUT2D eigenvalue weighted by Gasteiger charge is -2.08. The Labute approximate surface area is 165 Å². The molecule has 28 heavy (non-hydrogen) atoms. The molecule has 0 spiro atoms. The van der Waals surface area contributed by atoms with Crippen molar-refractivity contribution in [3.63, 3.8) is 0 Å². The molecular formula is C19H21FN4O3S. The summed E-state index contributed by atoms with van der Waals surface area (Å²) in [5.41, 5.74) is 6.43. The van der Waals surface area contributed by atoms with Gasteiger partial charge < -0.3 is 15.2 Å². The highest BCUT2D eigenvalue weighted by atomic mass is 32.1. The molecule has 2 heterocycles. The van der Waals surface area contributed by atoms with E-state index in [1.807, 2.05) is 30.3 Å². The zero-order valence-corrected chi connectivity index (χ0v) is 16.4. The number of nitrogens with two attached hydrogens (primary N) is 1. The highest BCUT2D eigenvalue weighted by Crippen LogP contribution is 2.35. The Kier molecular flexibility index (Phi) is 6.27. The molecule has 148 valence electrons. The van der Waals surface area contributed by atoms with E-state index in [9.17, 15) is 9.18 Å². The predicted octanol–water partition coefficient (Wildman–Crippen LogP) is 2.65. The Hall–Kier alpha value is -2.91. The van der Waals surface area contributed by atoms with Crippen molar-refractivity contribution in [2.24, 2.45) is 5.73 Å². The maximum Gasteiger partial charge on any atom is 0.346 e. The highest BCUT2D eigenvalue weighted by molar-refractivity contribution is 7.15. The van der Waals surface area contributed by atoms with Crippen LogP contribution in [0.5, 0.6) is 11.5 Å². The number of nitrogens with zero attached hydrogens (tertiary/aromatic N) is 3. The van der Waals surface area contributed by atoms with Gasteiger partial charge in [-0.1, -0.05) is 0 Å². The minimum atomic E-state index is -0.311. The fraction of sp³-hybridized carbons (Fsp3) is 0.263. The summed E-state index contributed by atoms with van der Waals surface area (Å²) in [6, 6.07) is 9.69. The Morgan fingerprint density at radius 2 is 2.04 bits per heavy atom. The van der Waals surface area contributed by atoms with Gasteiger partial charge in [0.15, 0.2) is 11.5 Å². The number of methoxy groups -OCH3 is 2. The third-order valence-corrected chi connectivity index (χ3v) is 5.34. The SMILES string of the molecule is COc1ccc(-c2ccc(Cn3cnn(C/C(=C/F)CN)c3=O)s2)cc1OC. The molecule has 0 radical (unpaired) electrons. The van der Waals surface area contributed by atoms with Crippen molar-refractivity contribution in [2.75, 3.05) is 20.8 Å². The van der Waals surface area contributed by atoms with Crippen LogP contribution >= 0.6 is 11.3 Å². The highest BCUT2D eigenvalue weighted by Gasteiger charge is 2.11. The van der Waals surface area contributed by atoms with E-state index in [0.717, 1.165) is 15.3 Å². The maximum atomic E-state index is 12.7. The van der Waals surface area contributed by atoms with Gasteiger partial charge in [0.2, 0.25) is 0 Å². The summed E-state index contributed by atoms with van der Waals surface area (Å²) < 4.78 is 26.0. The Balaban J connectivity index is 1.79. The van der Waals surface area contributed by atoms with Gasteiger partial charge in [-0.15, -0.1) is 11.3 Å². The summed E-state index contributed by atoms with van der Waals surface area (Å²) in [5, 5.41) is 4.03. The summed E-state index contributed by atoms with van der Waals surface area (Å²) >= 11 is 1.57. The van der Waals surface area contributed by atoms with Crippen molar-refractivity contribution in [1.82, 2.24) is 14.3 Å². The van der Waals surface area contributed by atoms with E-state index in [-0.39, 0.29) is 18.8 Å². The number of halogens is 1. The van der Waals surface area contributed by atoms with Crippen molar-refractivity contribution in [2.45, 2.75) is 13.1 Å². The van der Waals surface area contributed by atoms with Crippen molar-refractivity contribution in [3.05, 3.63) is 63.9 Å². The summed E-state index contributed by atoms with van der Waals surface area (Å²) in [4.78, 5) is 14.5. The summed E-state index contributed by atoms with van der Waals surface area (Å²) in [6.07, 6.45) is 1.87. The Morgan fingerprint density at radius 3 is 2.71 bits per heavy atom. The minimum Gasteiger partial charge on any atom is -0.493 e. The third kappa shape index (κ3) is 4.15. The van der Waals surface area contributed by atoms with Crippen LogP contribution in [0.2, 0.25) is 0 Å². The van der Waals surface area contributed by atoms with Crippen molar-refractivity contribution in [1.29, 1.82) is 0 Å². The first-order valence-corrected chi connectivity index (χ1v) is 9.32. The lowest BCUT2D eigenvalue weighted by Crippen LogP contribution is -2.26. The molecule has 0 fully saturated rings. The maximum absolute atomic E-state index is 12.7. The molecule has 0 saturated heterocycles. The van der Waals surface area contributed by atoms with E-state index in [1.54, 1.807) is 25.6 Å². The Bertz CT molecular complexity index is 1040. The summed E-state index contributed by atoms with van der Waals surface area (Å²) in [7, 11) is 3.19. The number of thiophene rings is 1. The van der Waals surface area contributed by atoms with E-state index < -0.39 is 0 Å². The van der Waals surface area contributed by atoms with Crippen molar-refractivity contribution in [3.8, 4) is 21.9 Å². The predicted molar refractivity (Wildman–Crippen MR) is 107 cm³/mol. The van der Waals surface area contributed by atoms with Crippen LogP contribution in [0.25, 0.3) is 10.4 Å². The average Bonchev–Trinajstić information content (AvgIpc) is 3.33. The van der Waals surface area contributed by atoms with E-state index in [4.69, 9.17) is 15.2 Å². The van der Waals surface area contributed by atoms with Gasteiger partial charge in [0.05, 0.1) is 33.6 Å². The second-order valence-electron chi connectivity index (χ2n) is 6.01. The summed E-state index contributed by atoms with van der Waals surface area (Å²) in [6.45, 7) is 0.462. The molecular weight excluding hydrogens is 383 g/mol. The lowest BCUT2D eigenvalue weighted by molar-refractivity contribution is 0.355. The Morgan fingerprint density at radius 1 is 1.25 bits per heavy atom. The van der Waals surface area contributed by atoms with Crippen LogP contribution in [0, 0.1) is 0 Å². The van der Waals surface area contributed by atoms with Gasteiger partial charge in [0, 0.05) is 16.3 Å². The van der Waals surface area contributed by atoms with Crippen LogP contribution in [0.3, 0.4) is 0 Å². The molecule has 0 unspecified atom stereocenters. The lowest BCUT2D eigenvalue weighted by atomic mass is 10.1. The standard InChI is InChI=1S/C19H21FN4O3S/c1-26-16-5-3-14(7-17(16)27-2)18-6-4-15(28-18)11-23-12-22-24(19(23)25)10-13(8-20)9-21/h3-8,12H,9-11,21H2,1-2H3/b13-8+. The molecule has 0 aliphatic heterocycles. The smallest absolute Gasteiger partial charge is 0.346 e. The largest absolute Gasteiger partial charge is 0.493 e. The van der Waals surface area contributed by atoms with E-state index in [1.165, 1.54) is 15.6 Å². The van der Waals surface area contributed by atoms with Gasteiger partial charge >= 0.3 is 5.69 Å². The summed E-state index contributed by atoms with van der Waals surface area (Å²) in [5.74, 6) is 1.32. The molecule has 0 bridgehead atoms. The van der Waals surface area contributed by atoms with Crippen LogP contribution in [0.4, 0.5) is 4.39 Å². The molecule has 3 rings (SSSR count). The normalized spacial score (nSPS) is 11.6. The van der Waals surface area contributed by atoms with Crippen molar-refractivity contribution < 1.29 is 13.9 Å². The van der Waals surface area contributed by atoms with Crippen LogP contribution < -0.4 is 20.9 Å². The topological polar surface area (TPSA) is 84.3 Å². The first kappa shape index (κ1) is 19.8. The monoisotopic (exact) mass is 404 g/mol. The molecule has 2 N–H and O–H groups in total. The number of hydrogen-bond donors (Lipinski definition) is 1. The number of rotatable bonds is 8. The molecule has 9 heteroatoms. The first-order valence-electron chi connectivity index (χ1n) is 8.51. The molecule has 0 saturated carbocycles. The first-order chi connectivity index (χ1) is 13.6. The second kappa shape index (κ2) is 8.85. The van der Waals surface area contributed by atoms with E-state index in [2.05, 4.69) is 5.10 Å². The van der Waals surface area contributed by atoms with Crippen LogP contribution in [0.1, 0.15) is 4.88 Å². The molecule has 3 aromatic rings. The molecule has 1 aromatic carbocycles. The number of benzene rings is 1. The number of ether oxygens (including phenoxy) is 2. The van der Waals surface area contributed by atoms with Crippen molar-refractivity contribution >= 4 is 11.3 Å². The average molecular weight is 404 g/mol. The van der Waals surface area contributed by atoms with E-state index >= 15 is 0 Å². The van der Waals surface area contributed by atoms with Gasteiger partial charge in [-0.25, -0.2) is 13.9 Å². The van der Waals surface area contributed by atoms with Crippen LogP contribution in [0.15, 0.2) is 53.4 Å². The van der Waals surface area contributed by atoms with Gasteiger partial charge in [-0.05, 0) is 41.5 Å². The quantitative estimate of drug-likeness (QED) is 0.624. The fourth-order valence-electron chi connectivity index (χ4n) is 2.70. The zero-order valence-electron chi connectivity index (χ0n) is 15.6. The van der Waals surface area contributed by atoms with E-state index in [0.29, 0.717) is 29.9 Å². The molecule has 7 nitrogen and oxygen atoms in total. The molecule has 0 aliphatic carbocycles. The molecule has 0 atom stereocenters. The fourth-order valence-corrected chi connectivity index (χ4v) is 3.70. The van der Waals surface area contributed by atoms with Crippen LogP contribution in [-0.2, 0) is 13.1 Å². The third-order valence-electron chi connectivity index (χ3n) is 4.22. The molecule has 0 amide bonds. The second-order valence-corrected chi connectivity index (χ2v) is 7.17. The molecule has 0 aliphatic rings.